The molecule has 3 heteroatoms. The quantitative estimate of drug-likeness (QED) is 0.843. The zero-order valence-electron chi connectivity index (χ0n) is 12.9. The van der Waals surface area contributed by atoms with Gasteiger partial charge in [-0.1, -0.05) is 18.6 Å². The summed E-state index contributed by atoms with van der Waals surface area (Å²) in [7, 11) is 0. The molecule has 0 saturated heterocycles. The van der Waals surface area contributed by atoms with Gasteiger partial charge < -0.3 is 10.6 Å². The van der Waals surface area contributed by atoms with Crippen molar-refractivity contribution in [2.45, 2.75) is 45.6 Å². The number of anilines is 1. The second-order valence-corrected chi connectivity index (χ2v) is 6.79. The number of amides is 1. The van der Waals surface area contributed by atoms with E-state index in [4.69, 9.17) is 5.73 Å². The maximum absolute atomic E-state index is 12.6. The number of nitrogen functional groups attached to an aromatic ring is 1. The van der Waals surface area contributed by atoms with Crippen molar-refractivity contribution in [2.24, 2.45) is 17.8 Å². The lowest BCUT2D eigenvalue weighted by Gasteiger charge is -2.26. The predicted molar refractivity (Wildman–Crippen MR) is 85.5 cm³/mol. The summed E-state index contributed by atoms with van der Waals surface area (Å²) in [6.45, 7) is 3.51. The topological polar surface area (TPSA) is 46.3 Å². The first-order chi connectivity index (χ1) is 10.2. The molecule has 3 rings (SSSR count). The number of nitrogens with zero attached hydrogens (tertiary/aromatic N) is 1. The summed E-state index contributed by atoms with van der Waals surface area (Å²) in [6, 6.07) is 7.85. The van der Waals surface area contributed by atoms with Gasteiger partial charge in [0.05, 0.1) is 0 Å². The maximum Gasteiger partial charge on any atom is 0.223 e. The van der Waals surface area contributed by atoms with Crippen LogP contribution in [0.15, 0.2) is 24.3 Å². The van der Waals surface area contributed by atoms with Crippen LogP contribution in [0.4, 0.5) is 5.69 Å². The zero-order chi connectivity index (χ0) is 14.8. The van der Waals surface area contributed by atoms with E-state index in [1.165, 1.54) is 25.7 Å². The van der Waals surface area contributed by atoms with Crippen LogP contribution in [-0.4, -0.2) is 17.4 Å². The molecule has 2 bridgehead atoms. The fraction of sp³-hybridized carbons (Fsp3) is 0.611. The van der Waals surface area contributed by atoms with Gasteiger partial charge >= 0.3 is 0 Å². The summed E-state index contributed by atoms with van der Waals surface area (Å²) in [5.74, 6) is 2.70. The summed E-state index contributed by atoms with van der Waals surface area (Å²) < 4.78 is 0. The van der Waals surface area contributed by atoms with Crippen LogP contribution in [0.2, 0.25) is 0 Å². The van der Waals surface area contributed by atoms with Gasteiger partial charge in [-0.25, -0.2) is 0 Å². The average Bonchev–Trinajstić information content (AvgIpc) is 3.07. The first kappa shape index (κ1) is 14.4. The van der Waals surface area contributed by atoms with E-state index in [9.17, 15) is 4.79 Å². The zero-order valence-corrected chi connectivity index (χ0v) is 12.9. The van der Waals surface area contributed by atoms with Crippen molar-refractivity contribution in [3.05, 3.63) is 29.8 Å². The van der Waals surface area contributed by atoms with Crippen LogP contribution in [0.5, 0.6) is 0 Å². The van der Waals surface area contributed by atoms with Gasteiger partial charge in [-0.3, -0.25) is 4.79 Å². The first-order valence-corrected chi connectivity index (χ1v) is 8.28. The number of rotatable bonds is 5. The molecular weight excluding hydrogens is 260 g/mol. The number of benzene rings is 1. The fourth-order valence-corrected chi connectivity index (χ4v) is 4.27. The smallest absolute Gasteiger partial charge is 0.223 e. The van der Waals surface area contributed by atoms with Gasteiger partial charge in [-0.05, 0) is 61.6 Å². The third-order valence-corrected chi connectivity index (χ3v) is 5.38. The molecule has 2 saturated carbocycles. The van der Waals surface area contributed by atoms with Crippen LogP contribution in [0.1, 0.15) is 44.6 Å². The predicted octanol–water partition coefficient (Wildman–Crippen LogP) is 3.44. The third-order valence-electron chi connectivity index (χ3n) is 5.38. The second-order valence-electron chi connectivity index (χ2n) is 6.79. The van der Waals surface area contributed by atoms with Crippen molar-refractivity contribution in [2.75, 3.05) is 12.3 Å². The van der Waals surface area contributed by atoms with E-state index < -0.39 is 0 Å². The normalized spacial score (nSPS) is 27.0. The van der Waals surface area contributed by atoms with Crippen molar-refractivity contribution in [3.8, 4) is 0 Å². The molecule has 0 aliphatic heterocycles. The molecular formula is C18H26N2O. The van der Waals surface area contributed by atoms with E-state index in [2.05, 4.69) is 6.92 Å². The van der Waals surface area contributed by atoms with Gasteiger partial charge in [-0.15, -0.1) is 0 Å². The molecule has 2 fully saturated rings. The minimum absolute atomic E-state index is 0.317. The highest BCUT2D eigenvalue weighted by Crippen LogP contribution is 2.49. The molecule has 1 amide bonds. The van der Waals surface area contributed by atoms with Gasteiger partial charge in [0.1, 0.15) is 0 Å². The second kappa shape index (κ2) is 6.08. The SMILES string of the molecule is CCN(Cc1cccc(N)c1)C(=O)CC1CC2CCC1C2. The lowest BCUT2D eigenvalue weighted by molar-refractivity contribution is -0.133. The molecule has 3 nitrogen and oxygen atoms in total. The Morgan fingerprint density at radius 3 is 2.81 bits per heavy atom. The Morgan fingerprint density at radius 1 is 1.33 bits per heavy atom. The highest BCUT2D eigenvalue weighted by Gasteiger charge is 2.40. The number of carbonyl (C=O) groups is 1. The van der Waals surface area contributed by atoms with Gasteiger partial charge in [0.25, 0.3) is 0 Å². The summed E-state index contributed by atoms with van der Waals surface area (Å²) in [5.41, 5.74) is 7.71. The van der Waals surface area contributed by atoms with Crippen molar-refractivity contribution in [3.63, 3.8) is 0 Å². The van der Waals surface area contributed by atoms with E-state index >= 15 is 0 Å². The summed E-state index contributed by atoms with van der Waals surface area (Å²) >= 11 is 0. The molecule has 2 aliphatic rings. The molecule has 2 aliphatic carbocycles. The van der Waals surface area contributed by atoms with Crippen molar-refractivity contribution >= 4 is 11.6 Å². The lowest BCUT2D eigenvalue weighted by atomic mass is 9.86. The lowest BCUT2D eigenvalue weighted by Crippen LogP contribution is -2.32. The Hall–Kier alpha value is -1.51. The number of nitrogens with two attached hydrogens (primary N) is 1. The number of hydrogen-bond donors (Lipinski definition) is 1. The largest absolute Gasteiger partial charge is 0.399 e. The summed E-state index contributed by atoms with van der Waals surface area (Å²) in [5, 5.41) is 0. The molecule has 3 atom stereocenters. The minimum Gasteiger partial charge on any atom is -0.399 e. The fourth-order valence-electron chi connectivity index (χ4n) is 4.27. The molecule has 1 aromatic rings. The summed E-state index contributed by atoms with van der Waals surface area (Å²) in [6.07, 6.45) is 6.16. The molecule has 0 aromatic heterocycles. The summed E-state index contributed by atoms with van der Waals surface area (Å²) in [4.78, 5) is 14.6. The monoisotopic (exact) mass is 286 g/mol. The van der Waals surface area contributed by atoms with Crippen LogP contribution in [-0.2, 0) is 11.3 Å². The van der Waals surface area contributed by atoms with Gasteiger partial charge in [0.2, 0.25) is 5.91 Å². The maximum atomic E-state index is 12.6. The Kier molecular flexibility index (Phi) is 4.18. The third kappa shape index (κ3) is 3.22. The molecule has 0 spiro atoms. The van der Waals surface area contributed by atoms with E-state index in [0.717, 1.165) is 36.1 Å². The Balaban J connectivity index is 1.59. The molecule has 1 aromatic carbocycles. The first-order valence-electron chi connectivity index (χ1n) is 8.28. The average molecular weight is 286 g/mol. The molecule has 2 N–H and O–H groups in total. The van der Waals surface area contributed by atoms with Crippen LogP contribution in [0.3, 0.4) is 0 Å². The number of fused-ring (bicyclic) bond motifs is 2. The number of carbonyl (C=O) groups excluding carboxylic acids is 1. The number of hydrogen-bond acceptors (Lipinski definition) is 2. The molecule has 114 valence electrons. The van der Waals surface area contributed by atoms with Crippen molar-refractivity contribution in [1.82, 2.24) is 4.90 Å². The highest BCUT2D eigenvalue weighted by atomic mass is 16.2. The van der Waals surface area contributed by atoms with Gasteiger partial charge in [-0.2, -0.15) is 0 Å². The van der Waals surface area contributed by atoms with Gasteiger partial charge in [0, 0.05) is 25.2 Å². The standard InChI is InChI=1S/C18H26N2O/c1-2-20(12-14-4-3-5-17(19)10-14)18(21)11-16-9-13-6-7-15(16)8-13/h3-5,10,13,15-16H,2,6-9,11-12,19H2,1H3. The van der Waals surface area contributed by atoms with Crippen molar-refractivity contribution in [1.29, 1.82) is 0 Å². The molecule has 3 unspecified atom stereocenters. The molecule has 0 heterocycles. The molecule has 0 radical (unpaired) electrons. The van der Waals surface area contributed by atoms with Crippen LogP contribution >= 0.6 is 0 Å². The molecule has 21 heavy (non-hydrogen) atoms. The minimum atomic E-state index is 0.317. The Morgan fingerprint density at radius 2 is 2.19 bits per heavy atom. The highest BCUT2D eigenvalue weighted by molar-refractivity contribution is 5.76. The van der Waals surface area contributed by atoms with Crippen LogP contribution in [0.25, 0.3) is 0 Å². The van der Waals surface area contributed by atoms with E-state index in [0.29, 0.717) is 18.4 Å². The van der Waals surface area contributed by atoms with E-state index in [-0.39, 0.29) is 0 Å². The van der Waals surface area contributed by atoms with E-state index in [1.54, 1.807) is 0 Å². The van der Waals surface area contributed by atoms with Crippen LogP contribution in [0, 0.1) is 17.8 Å². The Labute approximate surface area is 127 Å². The Bertz CT molecular complexity index is 514. The van der Waals surface area contributed by atoms with Crippen LogP contribution < -0.4 is 5.73 Å². The van der Waals surface area contributed by atoms with E-state index in [1.807, 2.05) is 29.2 Å². The van der Waals surface area contributed by atoms with Crippen molar-refractivity contribution < 1.29 is 4.79 Å². The van der Waals surface area contributed by atoms with Gasteiger partial charge in [0.15, 0.2) is 0 Å².